The van der Waals surface area contributed by atoms with Crippen molar-refractivity contribution in [1.82, 2.24) is 10.2 Å². The Bertz CT molecular complexity index is 387. The second kappa shape index (κ2) is 6.55. The molecule has 112 valence electrons. The van der Waals surface area contributed by atoms with Gasteiger partial charge in [0.15, 0.2) is 0 Å². The number of carbonyl (C=O) groups excluding carboxylic acids is 1. The van der Waals surface area contributed by atoms with Crippen LogP contribution in [0.25, 0.3) is 0 Å². The van der Waals surface area contributed by atoms with E-state index in [9.17, 15) is 10.1 Å². The maximum absolute atomic E-state index is 12.2. The molecular weight excluding hydrogens is 254 g/mol. The quantitative estimate of drug-likeness (QED) is 0.823. The van der Waals surface area contributed by atoms with E-state index in [1.807, 2.05) is 13.8 Å². The smallest absolute Gasteiger partial charge is 0.240 e. The van der Waals surface area contributed by atoms with E-state index < -0.39 is 5.41 Å². The summed E-state index contributed by atoms with van der Waals surface area (Å²) < 4.78 is 5.82. The molecule has 0 saturated carbocycles. The Morgan fingerprint density at radius 3 is 2.90 bits per heavy atom. The Morgan fingerprint density at radius 1 is 1.50 bits per heavy atom. The summed E-state index contributed by atoms with van der Waals surface area (Å²) in [6, 6.07) is 2.75. The van der Waals surface area contributed by atoms with Crippen LogP contribution in [0.5, 0.6) is 0 Å². The van der Waals surface area contributed by atoms with Crippen LogP contribution in [0, 0.1) is 16.7 Å². The number of ether oxygens (including phenoxy) is 1. The predicted molar refractivity (Wildman–Crippen MR) is 76.0 cm³/mol. The first-order chi connectivity index (χ1) is 9.65. The highest BCUT2D eigenvalue weighted by Crippen LogP contribution is 2.26. The molecule has 0 aromatic rings. The van der Waals surface area contributed by atoms with Gasteiger partial charge in [-0.15, -0.1) is 0 Å². The van der Waals surface area contributed by atoms with Gasteiger partial charge in [0.1, 0.15) is 5.41 Å². The average molecular weight is 279 g/mol. The van der Waals surface area contributed by atoms with E-state index in [0.717, 1.165) is 19.7 Å². The number of hydrogen-bond donors (Lipinski definition) is 1. The fourth-order valence-electron chi connectivity index (χ4n) is 3.16. The number of nitrogens with one attached hydrogen (secondary N) is 1. The Morgan fingerprint density at radius 2 is 2.25 bits per heavy atom. The van der Waals surface area contributed by atoms with Gasteiger partial charge in [0.25, 0.3) is 0 Å². The highest BCUT2D eigenvalue weighted by atomic mass is 16.5. The zero-order valence-electron chi connectivity index (χ0n) is 12.5. The van der Waals surface area contributed by atoms with Crippen molar-refractivity contribution in [1.29, 1.82) is 5.26 Å². The van der Waals surface area contributed by atoms with Crippen molar-refractivity contribution in [3.63, 3.8) is 0 Å². The summed E-state index contributed by atoms with van der Waals surface area (Å²) in [5.41, 5.74) is -0.884. The molecular formula is C15H25N3O2. The molecule has 2 atom stereocenters. The van der Waals surface area contributed by atoms with Crippen LogP contribution in [0.2, 0.25) is 0 Å². The van der Waals surface area contributed by atoms with E-state index in [1.165, 1.54) is 12.8 Å². The van der Waals surface area contributed by atoms with E-state index in [-0.39, 0.29) is 12.0 Å². The first-order valence-electron chi connectivity index (χ1n) is 7.70. The van der Waals surface area contributed by atoms with Gasteiger partial charge >= 0.3 is 0 Å². The molecule has 5 heteroatoms. The summed E-state index contributed by atoms with van der Waals surface area (Å²) in [5, 5.41) is 12.2. The van der Waals surface area contributed by atoms with Crippen molar-refractivity contribution in [3.8, 4) is 6.07 Å². The van der Waals surface area contributed by atoms with Crippen LogP contribution in [-0.4, -0.2) is 49.2 Å². The SMILES string of the molecule is CCC(C#N)(CC)C(=O)NCC1CN2CCCC2CO1. The number of fused-ring (bicyclic) bond motifs is 1. The van der Waals surface area contributed by atoms with E-state index in [0.29, 0.717) is 25.4 Å². The van der Waals surface area contributed by atoms with Crippen LogP contribution in [0.4, 0.5) is 0 Å². The minimum absolute atomic E-state index is 0.0541. The Hall–Kier alpha value is -1.12. The van der Waals surface area contributed by atoms with E-state index in [2.05, 4.69) is 16.3 Å². The van der Waals surface area contributed by atoms with Crippen molar-refractivity contribution >= 4 is 5.91 Å². The third kappa shape index (κ3) is 2.97. The molecule has 0 radical (unpaired) electrons. The number of rotatable bonds is 5. The average Bonchev–Trinajstić information content (AvgIpc) is 2.95. The molecule has 1 amide bonds. The summed E-state index contributed by atoms with van der Waals surface area (Å²) in [5.74, 6) is -0.155. The molecule has 0 aliphatic carbocycles. The van der Waals surface area contributed by atoms with E-state index in [1.54, 1.807) is 0 Å². The largest absolute Gasteiger partial charge is 0.373 e. The molecule has 2 unspecified atom stereocenters. The normalized spacial score (nSPS) is 26.9. The van der Waals surface area contributed by atoms with Crippen molar-refractivity contribution in [2.75, 3.05) is 26.2 Å². The van der Waals surface area contributed by atoms with E-state index >= 15 is 0 Å². The highest BCUT2D eigenvalue weighted by Gasteiger charge is 2.36. The van der Waals surface area contributed by atoms with Crippen LogP contribution in [0.1, 0.15) is 39.5 Å². The lowest BCUT2D eigenvalue weighted by atomic mass is 9.83. The van der Waals surface area contributed by atoms with Gasteiger partial charge in [-0.2, -0.15) is 5.26 Å². The third-order valence-electron chi connectivity index (χ3n) is 4.81. The van der Waals surface area contributed by atoms with Crippen molar-refractivity contribution in [3.05, 3.63) is 0 Å². The standard InChI is InChI=1S/C15H25N3O2/c1-3-15(4-2,11-16)14(19)17-8-13-9-18-7-5-6-12(18)10-20-13/h12-13H,3-10H2,1-2H3,(H,17,19). The van der Waals surface area contributed by atoms with Gasteiger partial charge in [0, 0.05) is 19.1 Å². The Labute approximate surface area is 121 Å². The predicted octanol–water partition coefficient (Wildman–Crippen LogP) is 1.30. The van der Waals surface area contributed by atoms with Crippen LogP contribution < -0.4 is 5.32 Å². The molecule has 2 rings (SSSR count). The topological polar surface area (TPSA) is 65.4 Å². The molecule has 0 bridgehead atoms. The summed E-state index contributed by atoms with van der Waals surface area (Å²) in [6.45, 7) is 7.08. The summed E-state index contributed by atoms with van der Waals surface area (Å²) in [4.78, 5) is 14.7. The number of morpholine rings is 1. The fraction of sp³-hybridized carbons (Fsp3) is 0.867. The molecule has 20 heavy (non-hydrogen) atoms. The summed E-state index contributed by atoms with van der Waals surface area (Å²) in [6.07, 6.45) is 3.62. The number of hydrogen-bond acceptors (Lipinski definition) is 4. The first kappa shape index (κ1) is 15.3. The van der Waals surface area contributed by atoms with Crippen LogP contribution in [0.15, 0.2) is 0 Å². The van der Waals surface area contributed by atoms with Crippen LogP contribution in [0.3, 0.4) is 0 Å². The summed E-state index contributed by atoms with van der Waals surface area (Å²) in [7, 11) is 0. The zero-order chi connectivity index (χ0) is 14.6. The van der Waals surface area contributed by atoms with Gasteiger partial charge < -0.3 is 10.1 Å². The molecule has 2 aliphatic heterocycles. The molecule has 2 aliphatic rings. The van der Waals surface area contributed by atoms with Gasteiger partial charge in [-0.25, -0.2) is 0 Å². The molecule has 2 saturated heterocycles. The Kier molecular flexibility index (Phi) is 5.00. The minimum Gasteiger partial charge on any atom is -0.373 e. The molecule has 0 spiro atoms. The molecule has 0 aromatic carbocycles. The van der Waals surface area contributed by atoms with Crippen LogP contribution in [-0.2, 0) is 9.53 Å². The van der Waals surface area contributed by atoms with Crippen molar-refractivity contribution in [2.24, 2.45) is 5.41 Å². The van der Waals surface area contributed by atoms with Gasteiger partial charge in [0.2, 0.25) is 5.91 Å². The second-order valence-electron chi connectivity index (χ2n) is 5.86. The third-order valence-corrected chi connectivity index (χ3v) is 4.81. The Balaban J connectivity index is 1.83. The zero-order valence-corrected chi connectivity index (χ0v) is 12.5. The lowest BCUT2D eigenvalue weighted by Crippen LogP contribution is -2.51. The molecule has 2 fully saturated rings. The number of amides is 1. The van der Waals surface area contributed by atoms with Gasteiger partial charge in [-0.1, -0.05) is 13.8 Å². The fourth-order valence-corrected chi connectivity index (χ4v) is 3.16. The van der Waals surface area contributed by atoms with Gasteiger partial charge in [-0.3, -0.25) is 9.69 Å². The number of nitrogens with zero attached hydrogens (tertiary/aromatic N) is 2. The summed E-state index contributed by atoms with van der Waals surface area (Å²) >= 11 is 0. The van der Waals surface area contributed by atoms with Crippen LogP contribution >= 0.6 is 0 Å². The highest BCUT2D eigenvalue weighted by molar-refractivity contribution is 5.85. The lowest BCUT2D eigenvalue weighted by Gasteiger charge is -2.35. The van der Waals surface area contributed by atoms with Crippen molar-refractivity contribution in [2.45, 2.75) is 51.7 Å². The van der Waals surface area contributed by atoms with Crippen molar-refractivity contribution < 1.29 is 9.53 Å². The molecule has 1 N–H and O–H groups in total. The lowest BCUT2D eigenvalue weighted by molar-refractivity contribution is -0.130. The molecule has 2 heterocycles. The molecule has 0 aromatic heterocycles. The number of nitriles is 1. The second-order valence-corrected chi connectivity index (χ2v) is 5.86. The first-order valence-corrected chi connectivity index (χ1v) is 7.70. The van der Waals surface area contributed by atoms with E-state index in [4.69, 9.17) is 4.74 Å². The maximum Gasteiger partial charge on any atom is 0.240 e. The minimum atomic E-state index is -0.884. The maximum atomic E-state index is 12.2. The van der Waals surface area contributed by atoms with Gasteiger partial charge in [-0.05, 0) is 32.2 Å². The number of carbonyl (C=O) groups is 1. The molecule has 5 nitrogen and oxygen atoms in total. The monoisotopic (exact) mass is 279 g/mol. The van der Waals surface area contributed by atoms with Gasteiger partial charge in [0.05, 0.1) is 18.8 Å².